The first-order chi connectivity index (χ1) is 7.75. The van der Waals surface area contributed by atoms with Crippen molar-refractivity contribution in [1.82, 2.24) is 14.6 Å². The second-order valence-electron chi connectivity index (χ2n) is 4.57. The summed E-state index contributed by atoms with van der Waals surface area (Å²) in [4.78, 5) is 4.01. The third kappa shape index (κ3) is 1.27. The Balaban J connectivity index is 2.19. The van der Waals surface area contributed by atoms with Crippen molar-refractivity contribution in [3.05, 3.63) is 29.3 Å². The SMILES string of the molecule is CCC1(c2ccc3cnc(Cl)nn23)CCC1. The molecule has 0 spiro atoms. The third-order valence-corrected chi connectivity index (χ3v) is 4.07. The molecule has 1 aliphatic rings. The first-order valence-electron chi connectivity index (χ1n) is 5.76. The molecular formula is C12H14ClN3. The Hall–Kier alpha value is -1.09. The van der Waals surface area contributed by atoms with Crippen molar-refractivity contribution in [2.45, 2.75) is 38.0 Å². The molecule has 16 heavy (non-hydrogen) atoms. The summed E-state index contributed by atoms with van der Waals surface area (Å²) < 4.78 is 1.96. The van der Waals surface area contributed by atoms with Crippen molar-refractivity contribution < 1.29 is 0 Å². The van der Waals surface area contributed by atoms with Crippen LogP contribution >= 0.6 is 11.6 Å². The van der Waals surface area contributed by atoms with Gasteiger partial charge >= 0.3 is 0 Å². The third-order valence-electron chi connectivity index (χ3n) is 3.90. The van der Waals surface area contributed by atoms with Gasteiger partial charge in [-0.25, -0.2) is 9.50 Å². The molecule has 2 aromatic rings. The Kier molecular flexibility index (Phi) is 2.18. The highest BCUT2D eigenvalue weighted by Gasteiger charge is 2.39. The fourth-order valence-corrected chi connectivity index (χ4v) is 2.80. The molecule has 84 valence electrons. The van der Waals surface area contributed by atoms with E-state index in [-0.39, 0.29) is 0 Å². The van der Waals surface area contributed by atoms with Gasteiger partial charge in [-0.3, -0.25) is 0 Å². The van der Waals surface area contributed by atoms with Gasteiger partial charge in [0.25, 0.3) is 0 Å². The molecule has 0 unspecified atom stereocenters. The smallest absolute Gasteiger partial charge is 0.233 e. The van der Waals surface area contributed by atoms with Crippen molar-refractivity contribution >= 4 is 17.1 Å². The Morgan fingerprint density at radius 1 is 1.44 bits per heavy atom. The number of halogens is 1. The summed E-state index contributed by atoms with van der Waals surface area (Å²) >= 11 is 5.86. The Morgan fingerprint density at radius 2 is 2.25 bits per heavy atom. The van der Waals surface area contributed by atoms with E-state index in [1.165, 1.54) is 31.4 Å². The Morgan fingerprint density at radius 3 is 2.88 bits per heavy atom. The molecule has 0 N–H and O–H groups in total. The molecule has 1 fully saturated rings. The fraction of sp³-hybridized carbons (Fsp3) is 0.500. The lowest BCUT2D eigenvalue weighted by Crippen LogP contribution is -2.35. The van der Waals surface area contributed by atoms with Crippen LogP contribution in [0.4, 0.5) is 0 Å². The lowest BCUT2D eigenvalue weighted by atomic mass is 9.65. The summed E-state index contributed by atoms with van der Waals surface area (Å²) in [5.74, 6) is 0. The largest absolute Gasteiger partial charge is 0.241 e. The number of nitrogens with zero attached hydrogens (tertiary/aromatic N) is 3. The molecule has 0 bridgehead atoms. The van der Waals surface area contributed by atoms with Crippen LogP contribution in [-0.4, -0.2) is 14.6 Å². The van der Waals surface area contributed by atoms with Crippen molar-refractivity contribution in [2.75, 3.05) is 0 Å². The zero-order valence-corrected chi connectivity index (χ0v) is 10.0. The lowest BCUT2D eigenvalue weighted by Gasteiger charge is -2.40. The minimum atomic E-state index is 0.315. The van der Waals surface area contributed by atoms with E-state index in [9.17, 15) is 0 Å². The topological polar surface area (TPSA) is 30.2 Å². The predicted molar refractivity (Wildman–Crippen MR) is 63.8 cm³/mol. The molecule has 3 rings (SSSR count). The molecule has 2 heterocycles. The van der Waals surface area contributed by atoms with Gasteiger partial charge in [0.1, 0.15) is 0 Å². The molecule has 0 atom stereocenters. The van der Waals surface area contributed by atoms with Gasteiger partial charge in [0.05, 0.1) is 11.7 Å². The maximum atomic E-state index is 5.86. The zero-order chi connectivity index (χ0) is 11.2. The second-order valence-corrected chi connectivity index (χ2v) is 4.91. The molecule has 1 aliphatic carbocycles. The summed E-state index contributed by atoms with van der Waals surface area (Å²) in [6, 6.07) is 4.24. The first-order valence-corrected chi connectivity index (χ1v) is 6.14. The molecule has 4 heteroatoms. The van der Waals surface area contributed by atoms with Crippen LogP contribution in [0.1, 0.15) is 38.3 Å². The standard InChI is InChI=1S/C12H14ClN3/c1-2-12(6-3-7-12)10-5-4-9-8-14-11(13)15-16(9)10/h4-5,8H,2-3,6-7H2,1H3. The van der Waals surface area contributed by atoms with Crippen LogP contribution in [0.5, 0.6) is 0 Å². The molecule has 0 radical (unpaired) electrons. The van der Waals surface area contributed by atoms with Crippen molar-refractivity contribution in [3.8, 4) is 0 Å². The summed E-state index contributed by atoms with van der Waals surface area (Å²) in [7, 11) is 0. The van der Waals surface area contributed by atoms with E-state index in [1.807, 2.05) is 4.52 Å². The maximum Gasteiger partial charge on any atom is 0.241 e. The molecule has 0 aliphatic heterocycles. The summed E-state index contributed by atoms with van der Waals surface area (Å²) in [6.07, 6.45) is 6.79. The van der Waals surface area contributed by atoms with E-state index < -0.39 is 0 Å². The molecule has 0 saturated heterocycles. The van der Waals surface area contributed by atoms with Crippen molar-refractivity contribution in [2.24, 2.45) is 0 Å². The van der Waals surface area contributed by atoms with Crippen LogP contribution in [-0.2, 0) is 5.41 Å². The Labute approximate surface area is 99.4 Å². The number of rotatable bonds is 2. The minimum absolute atomic E-state index is 0.315. The van der Waals surface area contributed by atoms with Gasteiger partial charge in [0, 0.05) is 11.1 Å². The van der Waals surface area contributed by atoms with Gasteiger partial charge in [0.15, 0.2) is 0 Å². The summed E-state index contributed by atoms with van der Waals surface area (Å²) in [5, 5.41) is 4.62. The second kappa shape index (κ2) is 3.45. The highest BCUT2D eigenvalue weighted by molar-refractivity contribution is 6.28. The maximum absolute atomic E-state index is 5.86. The van der Waals surface area contributed by atoms with Crippen LogP contribution in [0.2, 0.25) is 5.28 Å². The average molecular weight is 236 g/mol. The van der Waals surface area contributed by atoms with Gasteiger partial charge in [-0.1, -0.05) is 13.3 Å². The van der Waals surface area contributed by atoms with E-state index in [1.54, 1.807) is 6.20 Å². The monoisotopic (exact) mass is 235 g/mol. The zero-order valence-electron chi connectivity index (χ0n) is 9.28. The molecule has 1 saturated carbocycles. The van der Waals surface area contributed by atoms with Crippen LogP contribution in [0.25, 0.3) is 5.52 Å². The van der Waals surface area contributed by atoms with E-state index in [0.29, 0.717) is 10.7 Å². The number of hydrogen-bond donors (Lipinski definition) is 0. The van der Waals surface area contributed by atoms with Crippen molar-refractivity contribution in [1.29, 1.82) is 0 Å². The lowest BCUT2D eigenvalue weighted by molar-refractivity contribution is 0.224. The molecule has 2 aromatic heterocycles. The van der Waals surface area contributed by atoms with Gasteiger partial charge in [-0.15, -0.1) is 5.10 Å². The summed E-state index contributed by atoms with van der Waals surface area (Å²) in [5.41, 5.74) is 2.64. The number of aromatic nitrogens is 3. The minimum Gasteiger partial charge on any atom is -0.233 e. The van der Waals surface area contributed by atoms with E-state index >= 15 is 0 Å². The number of fused-ring (bicyclic) bond motifs is 1. The highest BCUT2D eigenvalue weighted by atomic mass is 35.5. The quantitative estimate of drug-likeness (QED) is 0.800. The van der Waals surface area contributed by atoms with E-state index in [0.717, 1.165) is 5.52 Å². The van der Waals surface area contributed by atoms with Crippen LogP contribution in [0.15, 0.2) is 18.3 Å². The van der Waals surface area contributed by atoms with Crippen LogP contribution in [0, 0.1) is 0 Å². The van der Waals surface area contributed by atoms with E-state index in [2.05, 4.69) is 29.1 Å². The summed E-state index contributed by atoms with van der Waals surface area (Å²) in [6.45, 7) is 2.25. The highest BCUT2D eigenvalue weighted by Crippen LogP contribution is 2.46. The van der Waals surface area contributed by atoms with Gasteiger partial charge in [-0.2, -0.15) is 0 Å². The van der Waals surface area contributed by atoms with Crippen LogP contribution < -0.4 is 0 Å². The van der Waals surface area contributed by atoms with Crippen molar-refractivity contribution in [3.63, 3.8) is 0 Å². The first kappa shape index (κ1) is 10.1. The predicted octanol–water partition coefficient (Wildman–Crippen LogP) is 3.21. The van der Waals surface area contributed by atoms with Crippen LogP contribution in [0.3, 0.4) is 0 Å². The molecule has 0 aromatic carbocycles. The molecule has 0 amide bonds. The average Bonchev–Trinajstić information content (AvgIpc) is 2.61. The fourth-order valence-electron chi connectivity index (χ4n) is 2.68. The number of hydrogen-bond acceptors (Lipinski definition) is 2. The van der Waals surface area contributed by atoms with Gasteiger partial charge in [-0.05, 0) is 43.0 Å². The normalized spacial score (nSPS) is 18.6. The molecule has 3 nitrogen and oxygen atoms in total. The van der Waals surface area contributed by atoms with Gasteiger partial charge in [0.2, 0.25) is 5.28 Å². The van der Waals surface area contributed by atoms with E-state index in [4.69, 9.17) is 11.6 Å². The Bertz CT molecular complexity index is 523. The van der Waals surface area contributed by atoms with Gasteiger partial charge < -0.3 is 0 Å². The molecular weight excluding hydrogens is 222 g/mol.